The van der Waals surface area contributed by atoms with Crippen LogP contribution in [0.2, 0.25) is 0 Å². The van der Waals surface area contributed by atoms with Crippen molar-refractivity contribution in [1.29, 1.82) is 0 Å². The lowest BCUT2D eigenvalue weighted by atomic mass is 10.2. The summed E-state index contributed by atoms with van der Waals surface area (Å²) in [5, 5.41) is 4.72. The van der Waals surface area contributed by atoms with Crippen LogP contribution < -0.4 is 10.6 Å². The SMILES string of the molecule is C[C@H](OC(=O)CNC(=O)c1ccccc1)C(=O)Nc1ccccc1F. The molecule has 0 saturated heterocycles. The van der Waals surface area contributed by atoms with Crippen LogP contribution in [-0.4, -0.2) is 30.4 Å². The maximum absolute atomic E-state index is 13.5. The van der Waals surface area contributed by atoms with Crippen LogP contribution in [0.5, 0.6) is 0 Å². The predicted molar refractivity (Wildman–Crippen MR) is 89.4 cm³/mol. The fraction of sp³-hybridized carbons (Fsp3) is 0.167. The molecular formula is C18H17FN2O4. The summed E-state index contributed by atoms with van der Waals surface area (Å²) >= 11 is 0. The maximum Gasteiger partial charge on any atom is 0.326 e. The average Bonchev–Trinajstić information content (AvgIpc) is 2.62. The van der Waals surface area contributed by atoms with Crippen molar-refractivity contribution in [3.05, 3.63) is 66.0 Å². The molecular weight excluding hydrogens is 327 g/mol. The molecule has 0 saturated carbocycles. The second-order valence-electron chi connectivity index (χ2n) is 5.15. The lowest BCUT2D eigenvalue weighted by molar-refractivity contribution is -0.152. The van der Waals surface area contributed by atoms with E-state index in [1.54, 1.807) is 36.4 Å². The molecule has 0 spiro atoms. The van der Waals surface area contributed by atoms with Crippen LogP contribution in [0, 0.1) is 5.82 Å². The van der Waals surface area contributed by atoms with Gasteiger partial charge >= 0.3 is 5.97 Å². The van der Waals surface area contributed by atoms with Gasteiger partial charge in [-0.25, -0.2) is 4.39 Å². The van der Waals surface area contributed by atoms with E-state index >= 15 is 0 Å². The Kier molecular flexibility index (Phi) is 6.22. The van der Waals surface area contributed by atoms with Crippen molar-refractivity contribution < 1.29 is 23.5 Å². The van der Waals surface area contributed by atoms with Gasteiger partial charge in [0.2, 0.25) is 0 Å². The normalized spacial score (nSPS) is 11.3. The van der Waals surface area contributed by atoms with E-state index in [4.69, 9.17) is 4.74 Å². The lowest BCUT2D eigenvalue weighted by Gasteiger charge is -2.14. The highest BCUT2D eigenvalue weighted by Gasteiger charge is 2.19. The van der Waals surface area contributed by atoms with Gasteiger partial charge in [-0.1, -0.05) is 30.3 Å². The van der Waals surface area contributed by atoms with E-state index in [-0.39, 0.29) is 12.2 Å². The van der Waals surface area contributed by atoms with Gasteiger partial charge in [0.05, 0.1) is 5.69 Å². The quantitative estimate of drug-likeness (QED) is 0.786. The molecule has 0 aliphatic rings. The van der Waals surface area contributed by atoms with Gasteiger partial charge in [0.1, 0.15) is 12.4 Å². The highest BCUT2D eigenvalue weighted by Crippen LogP contribution is 2.13. The number of esters is 1. The number of benzene rings is 2. The van der Waals surface area contributed by atoms with Crippen molar-refractivity contribution >= 4 is 23.5 Å². The molecule has 25 heavy (non-hydrogen) atoms. The third-order valence-electron chi connectivity index (χ3n) is 3.24. The Morgan fingerprint density at radius 1 is 1.04 bits per heavy atom. The van der Waals surface area contributed by atoms with E-state index in [1.165, 1.54) is 25.1 Å². The van der Waals surface area contributed by atoms with Crippen molar-refractivity contribution in [2.24, 2.45) is 0 Å². The van der Waals surface area contributed by atoms with Crippen LogP contribution in [0.4, 0.5) is 10.1 Å². The predicted octanol–water partition coefficient (Wildman–Crippen LogP) is 2.13. The molecule has 0 bridgehead atoms. The van der Waals surface area contributed by atoms with Crippen molar-refractivity contribution in [2.75, 3.05) is 11.9 Å². The summed E-state index contributed by atoms with van der Waals surface area (Å²) in [6.45, 7) is 0.970. The Bertz CT molecular complexity index is 765. The molecule has 2 aromatic carbocycles. The number of hydrogen-bond acceptors (Lipinski definition) is 4. The molecule has 0 radical (unpaired) electrons. The van der Waals surface area contributed by atoms with Gasteiger partial charge in [-0.2, -0.15) is 0 Å². The summed E-state index contributed by atoms with van der Waals surface area (Å²) in [5.41, 5.74) is 0.397. The molecule has 0 heterocycles. The van der Waals surface area contributed by atoms with E-state index < -0.39 is 29.7 Å². The first-order chi connectivity index (χ1) is 12.0. The van der Waals surface area contributed by atoms with Crippen LogP contribution in [0.1, 0.15) is 17.3 Å². The van der Waals surface area contributed by atoms with Gasteiger partial charge in [-0.05, 0) is 31.2 Å². The molecule has 6 nitrogen and oxygen atoms in total. The molecule has 0 aliphatic heterocycles. The number of anilines is 1. The summed E-state index contributed by atoms with van der Waals surface area (Å²) in [5.74, 6) is -2.47. The molecule has 2 rings (SSSR count). The molecule has 1 atom stereocenters. The minimum atomic E-state index is -1.14. The zero-order valence-corrected chi connectivity index (χ0v) is 13.5. The number of para-hydroxylation sites is 1. The van der Waals surface area contributed by atoms with Crippen LogP contribution in [0.25, 0.3) is 0 Å². The molecule has 0 unspecified atom stereocenters. The van der Waals surface area contributed by atoms with Gasteiger partial charge in [-0.15, -0.1) is 0 Å². The third kappa shape index (κ3) is 5.42. The number of halogens is 1. The second kappa shape index (κ2) is 8.58. The maximum atomic E-state index is 13.5. The molecule has 0 aliphatic carbocycles. The van der Waals surface area contributed by atoms with E-state index in [9.17, 15) is 18.8 Å². The Morgan fingerprint density at radius 3 is 2.36 bits per heavy atom. The number of nitrogens with one attached hydrogen (secondary N) is 2. The van der Waals surface area contributed by atoms with Gasteiger partial charge in [0.15, 0.2) is 6.10 Å². The number of ether oxygens (including phenoxy) is 1. The van der Waals surface area contributed by atoms with E-state index in [2.05, 4.69) is 10.6 Å². The minimum Gasteiger partial charge on any atom is -0.451 e. The number of hydrogen-bond donors (Lipinski definition) is 2. The van der Waals surface area contributed by atoms with Crippen LogP contribution in [-0.2, 0) is 14.3 Å². The lowest BCUT2D eigenvalue weighted by Crippen LogP contribution is -2.35. The summed E-state index contributed by atoms with van der Waals surface area (Å²) in [4.78, 5) is 35.4. The van der Waals surface area contributed by atoms with Gasteiger partial charge in [-0.3, -0.25) is 14.4 Å². The number of carbonyl (C=O) groups excluding carboxylic acids is 3. The monoisotopic (exact) mass is 344 g/mol. The van der Waals surface area contributed by atoms with Crippen molar-refractivity contribution in [3.8, 4) is 0 Å². The summed E-state index contributed by atoms with van der Waals surface area (Å²) in [6, 6.07) is 14.0. The second-order valence-corrected chi connectivity index (χ2v) is 5.15. The molecule has 0 aromatic heterocycles. The van der Waals surface area contributed by atoms with Gasteiger partial charge < -0.3 is 15.4 Å². The Hall–Kier alpha value is -3.22. The van der Waals surface area contributed by atoms with Crippen molar-refractivity contribution in [2.45, 2.75) is 13.0 Å². The summed E-state index contributed by atoms with van der Waals surface area (Å²) in [7, 11) is 0. The first-order valence-corrected chi connectivity index (χ1v) is 7.55. The Balaban J connectivity index is 1.80. The standard InChI is InChI=1S/C18H17FN2O4/c1-12(17(23)21-15-10-6-5-9-14(15)19)25-16(22)11-20-18(24)13-7-3-2-4-8-13/h2-10,12H,11H2,1H3,(H,20,24)(H,21,23)/t12-/m0/s1. The molecule has 2 amide bonds. The molecule has 130 valence electrons. The summed E-state index contributed by atoms with van der Waals surface area (Å²) in [6.07, 6.45) is -1.14. The molecule has 2 aromatic rings. The minimum absolute atomic E-state index is 0.00669. The molecule has 2 N–H and O–H groups in total. The first-order valence-electron chi connectivity index (χ1n) is 7.55. The highest BCUT2D eigenvalue weighted by atomic mass is 19.1. The Labute approximate surface area is 144 Å². The number of carbonyl (C=O) groups is 3. The fourth-order valence-electron chi connectivity index (χ4n) is 1.93. The summed E-state index contributed by atoms with van der Waals surface area (Å²) < 4.78 is 18.4. The van der Waals surface area contributed by atoms with Gasteiger partial charge in [0.25, 0.3) is 11.8 Å². The van der Waals surface area contributed by atoms with Gasteiger partial charge in [0, 0.05) is 5.56 Å². The zero-order chi connectivity index (χ0) is 18.2. The average molecular weight is 344 g/mol. The number of amides is 2. The van der Waals surface area contributed by atoms with Crippen molar-refractivity contribution in [1.82, 2.24) is 5.32 Å². The highest BCUT2D eigenvalue weighted by molar-refractivity contribution is 5.97. The third-order valence-corrected chi connectivity index (χ3v) is 3.24. The fourth-order valence-corrected chi connectivity index (χ4v) is 1.93. The van der Waals surface area contributed by atoms with E-state index in [0.29, 0.717) is 5.56 Å². The first kappa shape index (κ1) is 18.1. The number of rotatable bonds is 6. The van der Waals surface area contributed by atoms with Crippen LogP contribution in [0.3, 0.4) is 0 Å². The largest absolute Gasteiger partial charge is 0.451 e. The zero-order valence-electron chi connectivity index (χ0n) is 13.5. The van der Waals surface area contributed by atoms with E-state index in [0.717, 1.165) is 0 Å². The van der Waals surface area contributed by atoms with Crippen molar-refractivity contribution in [3.63, 3.8) is 0 Å². The van der Waals surface area contributed by atoms with Crippen LogP contribution >= 0.6 is 0 Å². The Morgan fingerprint density at radius 2 is 1.68 bits per heavy atom. The topological polar surface area (TPSA) is 84.5 Å². The van der Waals surface area contributed by atoms with E-state index in [1.807, 2.05) is 0 Å². The smallest absolute Gasteiger partial charge is 0.326 e. The molecule has 7 heteroatoms. The van der Waals surface area contributed by atoms with Crippen LogP contribution in [0.15, 0.2) is 54.6 Å². The molecule has 0 fully saturated rings.